The summed E-state index contributed by atoms with van der Waals surface area (Å²) in [5, 5.41) is 2.82. The molecule has 0 fully saturated rings. The van der Waals surface area contributed by atoms with E-state index in [1.807, 2.05) is 49.3 Å². The van der Waals surface area contributed by atoms with Crippen LogP contribution in [0.1, 0.15) is 22.0 Å². The molecule has 5 nitrogen and oxygen atoms in total. The highest BCUT2D eigenvalue weighted by molar-refractivity contribution is 5.93. The summed E-state index contributed by atoms with van der Waals surface area (Å²) in [5.41, 5.74) is 0.865. The summed E-state index contributed by atoms with van der Waals surface area (Å²) in [6, 6.07) is 13.1. The van der Waals surface area contributed by atoms with Gasteiger partial charge in [0.2, 0.25) is 0 Å². The van der Waals surface area contributed by atoms with E-state index in [1.54, 1.807) is 6.07 Å². The van der Waals surface area contributed by atoms with Crippen LogP contribution in [0.15, 0.2) is 53.5 Å². The Hall–Kier alpha value is -2.40. The molecule has 1 aromatic heterocycles. The summed E-state index contributed by atoms with van der Waals surface area (Å²) in [4.78, 5) is 28.2. The van der Waals surface area contributed by atoms with E-state index in [-0.39, 0.29) is 23.1 Å². The van der Waals surface area contributed by atoms with Crippen LogP contribution in [0.4, 0.5) is 0 Å². The minimum absolute atomic E-state index is 0.0537. The van der Waals surface area contributed by atoms with Gasteiger partial charge in [0, 0.05) is 12.7 Å². The number of amides is 1. The van der Waals surface area contributed by atoms with Gasteiger partial charge in [0.1, 0.15) is 5.56 Å². The first-order chi connectivity index (χ1) is 10.1. The maximum absolute atomic E-state index is 12.1. The van der Waals surface area contributed by atoms with Crippen molar-refractivity contribution in [2.75, 3.05) is 20.6 Å². The topological polar surface area (TPSA) is 65.2 Å². The Labute approximate surface area is 123 Å². The molecule has 5 heteroatoms. The monoisotopic (exact) mass is 285 g/mol. The molecule has 0 saturated carbocycles. The Bertz CT molecular complexity index is 650. The van der Waals surface area contributed by atoms with Gasteiger partial charge < -0.3 is 15.2 Å². The molecule has 0 spiro atoms. The average molecular weight is 285 g/mol. The maximum Gasteiger partial charge on any atom is 0.260 e. The second-order valence-electron chi connectivity index (χ2n) is 5.01. The van der Waals surface area contributed by atoms with Gasteiger partial charge in [0.25, 0.3) is 11.5 Å². The number of benzene rings is 1. The van der Waals surface area contributed by atoms with Gasteiger partial charge in [-0.1, -0.05) is 30.3 Å². The summed E-state index contributed by atoms with van der Waals surface area (Å²) >= 11 is 0. The van der Waals surface area contributed by atoms with E-state index in [2.05, 4.69) is 10.3 Å². The molecule has 0 aliphatic heterocycles. The molecule has 2 rings (SSSR count). The summed E-state index contributed by atoms with van der Waals surface area (Å²) in [7, 11) is 3.91. The fourth-order valence-electron chi connectivity index (χ4n) is 2.16. The fraction of sp³-hybridized carbons (Fsp3) is 0.250. The first-order valence-electron chi connectivity index (χ1n) is 6.77. The number of nitrogens with one attached hydrogen (secondary N) is 2. The first-order valence-corrected chi connectivity index (χ1v) is 6.77. The highest BCUT2D eigenvalue weighted by Gasteiger charge is 2.16. The van der Waals surface area contributed by atoms with Crippen molar-refractivity contribution in [1.29, 1.82) is 0 Å². The molecule has 21 heavy (non-hydrogen) atoms. The maximum atomic E-state index is 12.1. The van der Waals surface area contributed by atoms with Crippen LogP contribution in [0, 0.1) is 0 Å². The molecule has 1 atom stereocenters. The predicted molar refractivity (Wildman–Crippen MR) is 82.3 cm³/mol. The molecule has 1 amide bonds. The normalized spacial score (nSPS) is 12.1. The molecule has 0 bridgehead atoms. The van der Waals surface area contributed by atoms with Crippen LogP contribution in [0.3, 0.4) is 0 Å². The molecule has 0 aliphatic rings. The van der Waals surface area contributed by atoms with Gasteiger partial charge in [-0.3, -0.25) is 9.59 Å². The van der Waals surface area contributed by atoms with Crippen molar-refractivity contribution in [3.05, 3.63) is 70.1 Å². The molecule has 1 unspecified atom stereocenters. The van der Waals surface area contributed by atoms with Gasteiger partial charge in [-0.15, -0.1) is 0 Å². The number of carbonyl (C=O) groups excluding carboxylic acids is 1. The number of rotatable bonds is 5. The van der Waals surface area contributed by atoms with Gasteiger partial charge in [-0.2, -0.15) is 0 Å². The number of aromatic amines is 1. The number of nitrogens with zero attached hydrogens (tertiary/aromatic N) is 1. The third kappa shape index (κ3) is 3.79. The van der Waals surface area contributed by atoms with Gasteiger partial charge in [0.15, 0.2) is 0 Å². The van der Waals surface area contributed by atoms with Crippen LogP contribution < -0.4 is 10.9 Å². The number of H-pyrrole nitrogens is 1. The quantitative estimate of drug-likeness (QED) is 0.873. The number of hydrogen-bond acceptors (Lipinski definition) is 3. The zero-order valence-corrected chi connectivity index (χ0v) is 12.2. The smallest absolute Gasteiger partial charge is 0.260 e. The van der Waals surface area contributed by atoms with Crippen molar-refractivity contribution in [3.63, 3.8) is 0 Å². The van der Waals surface area contributed by atoms with Crippen molar-refractivity contribution in [1.82, 2.24) is 15.2 Å². The highest BCUT2D eigenvalue weighted by Crippen LogP contribution is 2.16. The largest absolute Gasteiger partial charge is 0.350 e. The van der Waals surface area contributed by atoms with Crippen LogP contribution in [-0.4, -0.2) is 36.4 Å². The minimum atomic E-state index is -0.379. The lowest BCUT2D eigenvalue weighted by atomic mass is 10.1. The second kappa shape index (κ2) is 6.85. The zero-order chi connectivity index (χ0) is 15.2. The van der Waals surface area contributed by atoms with E-state index in [0.717, 1.165) is 5.56 Å². The van der Waals surface area contributed by atoms with Gasteiger partial charge in [0.05, 0.1) is 6.04 Å². The second-order valence-corrected chi connectivity index (χ2v) is 5.01. The Morgan fingerprint density at radius 2 is 1.90 bits per heavy atom. The molecule has 0 aliphatic carbocycles. The lowest BCUT2D eigenvalue weighted by Crippen LogP contribution is -2.36. The van der Waals surface area contributed by atoms with E-state index in [0.29, 0.717) is 6.54 Å². The van der Waals surface area contributed by atoms with Crippen LogP contribution in [-0.2, 0) is 0 Å². The fourth-order valence-corrected chi connectivity index (χ4v) is 2.16. The molecule has 110 valence electrons. The van der Waals surface area contributed by atoms with E-state index in [4.69, 9.17) is 0 Å². The van der Waals surface area contributed by atoms with Crippen LogP contribution in [0.2, 0.25) is 0 Å². The standard InChI is InChI=1S/C16H19N3O2/c1-19(2)14(12-7-4-3-5-8-12)11-18-16(21)13-9-6-10-17-15(13)20/h3-10,14H,11H2,1-2H3,(H,17,20)(H,18,21). The molecular formula is C16H19N3O2. The average Bonchev–Trinajstić information content (AvgIpc) is 2.48. The number of likely N-dealkylation sites (N-methyl/N-ethyl adjacent to an activating group) is 1. The molecule has 2 aromatic rings. The zero-order valence-electron chi connectivity index (χ0n) is 12.2. The Balaban J connectivity index is 2.08. The van der Waals surface area contributed by atoms with Crippen molar-refractivity contribution in [3.8, 4) is 0 Å². The molecule has 2 N–H and O–H groups in total. The number of carbonyl (C=O) groups is 1. The molecule has 1 heterocycles. The van der Waals surface area contributed by atoms with E-state index in [1.165, 1.54) is 12.3 Å². The third-order valence-electron chi connectivity index (χ3n) is 3.33. The number of hydrogen-bond donors (Lipinski definition) is 2. The van der Waals surface area contributed by atoms with E-state index >= 15 is 0 Å². The van der Waals surface area contributed by atoms with E-state index < -0.39 is 0 Å². The summed E-state index contributed by atoms with van der Waals surface area (Å²) in [5.74, 6) is -0.361. The lowest BCUT2D eigenvalue weighted by molar-refractivity contribution is 0.0940. The Morgan fingerprint density at radius 1 is 1.19 bits per heavy atom. The predicted octanol–water partition coefficient (Wildman–Crippen LogP) is 1.41. The Kier molecular flexibility index (Phi) is 4.90. The SMILES string of the molecule is CN(C)C(CNC(=O)c1ccc[nH]c1=O)c1ccccc1. The van der Waals surface area contributed by atoms with Gasteiger partial charge in [-0.25, -0.2) is 0 Å². The number of aromatic nitrogens is 1. The molecule has 1 aromatic carbocycles. The van der Waals surface area contributed by atoms with Crippen LogP contribution in [0.5, 0.6) is 0 Å². The molecule has 0 radical (unpaired) electrons. The summed E-state index contributed by atoms with van der Waals surface area (Å²) in [6.07, 6.45) is 1.51. The van der Waals surface area contributed by atoms with Crippen molar-refractivity contribution in [2.45, 2.75) is 6.04 Å². The first kappa shape index (κ1) is 15.0. The third-order valence-corrected chi connectivity index (χ3v) is 3.33. The van der Waals surface area contributed by atoms with Crippen molar-refractivity contribution < 1.29 is 4.79 Å². The molecular weight excluding hydrogens is 266 g/mol. The summed E-state index contributed by atoms with van der Waals surface area (Å²) < 4.78 is 0. The highest BCUT2D eigenvalue weighted by atomic mass is 16.2. The Morgan fingerprint density at radius 3 is 2.52 bits per heavy atom. The number of pyridine rings is 1. The lowest BCUT2D eigenvalue weighted by Gasteiger charge is -2.25. The van der Waals surface area contributed by atoms with Gasteiger partial charge in [-0.05, 0) is 31.8 Å². The van der Waals surface area contributed by atoms with Crippen LogP contribution in [0.25, 0.3) is 0 Å². The summed E-state index contributed by atoms with van der Waals surface area (Å²) in [6.45, 7) is 0.435. The van der Waals surface area contributed by atoms with Crippen LogP contribution >= 0.6 is 0 Å². The van der Waals surface area contributed by atoms with E-state index in [9.17, 15) is 9.59 Å². The minimum Gasteiger partial charge on any atom is -0.350 e. The molecule has 0 saturated heterocycles. The van der Waals surface area contributed by atoms with Gasteiger partial charge >= 0.3 is 0 Å². The van der Waals surface area contributed by atoms with Crippen molar-refractivity contribution >= 4 is 5.91 Å². The van der Waals surface area contributed by atoms with Crippen molar-refractivity contribution in [2.24, 2.45) is 0 Å².